The van der Waals surface area contributed by atoms with Crippen LogP contribution in [0.2, 0.25) is 0 Å². The Bertz CT molecular complexity index is 1270. The molecule has 0 spiro atoms. The minimum absolute atomic E-state index is 0.0682. The van der Waals surface area contributed by atoms with Crippen LogP contribution in [0.4, 0.5) is 18.9 Å². The van der Waals surface area contributed by atoms with Crippen LogP contribution in [0.1, 0.15) is 11.1 Å². The first-order chi connectivity index (χ1) is 15.6. The van der Waals surface area contributed by atoms with E-state index < -0.39 is 45.1 Å². The van der Waals surface area contributed by atoms with E-state index in [4.69, 9.17) is 4.74 Å². The summed E-state index contributed by atoms with van der Waals surface area (Å²) in [7, 11) is -2.96. The minimum atomic E-state index is -4.27. The molecule has 0 aliphatic heterocycles. The van der Waals surface area contributed by atoms with E-state index in [1.54, 1.807) is 43.3 Å². The van der Waals surface area contributed by atoms with Crippen LogP contribution in [0.15, 0.2) is 65.6 Å². The van der Waals surface area contributed by atoms with Gasteiger partial charge in [0.1, 0.15) is 16.7 Å². The second kappa shape index (κ2) is 10.1. The molecule has 174 valence electrons. The van der Waals surface area contributed by atoms with Crippen LogP contribution in [0.25, 0.3) is 0 Å². The molecule has 1 amide bonds. The van der Waals surface area contributed by atoms with Gasteiger partial charge in [-0.25, -0.2) is 21.6 Å². The fourth-order valence-electron chi connectivity index (χ4n) is 3.12. The van der Waals surface area contributed by atoms with Gasteiger partial charge in [0.15, 0.2) is 17.5 Å². The van der Waals surface area contributed by atoms with Gasteiger partial charge < -0.3 is 10.1 Å². The maximum atomic E-state index is 14.1. The van der Waals surface area contributed by atoms with E-state index in [2.05, 4.69) is 10.0 Å². The van der Waals surface area contributed by atoms with Crippen LogP contribution in [0, 0.1) is 24.4 Å². The summed E-state index contributed by atoms with van der Waals surface area (Å²) < 4.78 is 74.6. The zero-order valence-corrected chi connectivity index (χ0v) is 18.5. The topological polar surface area (TPSA) is 84.5 Å². The van der Waals surface area contributed by atoms with Gasteiger partial charge in [-0.2, -0.15) is 4.72 Å². The molecule has 6 nitrogen and oxygen atoms in total. The molecular weight excluding hydrogens is 457 g/mol. The molecule has 0 aromatic heterocycles. The lowest BCUT2D eigenvalue weighted by Gasteiger charge is -2.20. The zero-order valence-electron chi connectivity index (χ0n) is 17.7. The van der Waals surface area contributed by atoms with Crippen molar-refractivity contribution in [3.8, 4) is 5.75 Å². The van der Waals surface area contributed by atoms with Gasteiger partial charge in [0.25, 0.3) is 0 Å². The second-order valence-corrected chi connectivity index (χ2v) is 8.91. The molecule has 3 aromatic carbocycles. The summed E-state index contributed by atoms with van der Waals surface area (Å²) in [6, 6.07) is 13.1. The first kappa shape index (κ1) is 24.3. The molecule has 0 radical (unpaired) electrons. The Labute approximate surface area is 189 Å². The Morgan fingerprint density at radius 2 is 1.70 bits per heavy atom. The third-order valence-corrected chi connectivity index (χ3v) is 6.29. The summed E-state index contributed by atoms with van der Waals surface area (Å²) in [5, 5.41) is 2.13. The molecule has 3 rings (SSSR count). The van der Waals surface area contributed by atoms with Gasteiger partial charge in [-0.1, -0.05) is 36.4 Å². The molecule has 3 aromatic rings. The third kappa shape index (κ3) is 5.71. The van der Waals surface area contributed by atoms with E-state index in [1.807, 2.05) is 0 Å². The van der Waals surface area contributed by atoms with Crippen LogP contribution >= 0.6 is 0 Å². The summed E-state index contributed by atoms with van der Waals surface area (Å²) in [6.45, 7) is 1.69. The number of hydrogen-bond donors (Lipinski definition) is 2. The fourth-order valence-corrected chi connectivity index (χ4v) is 4.57. The van der Waals surface area contributed by atoms with Crippen molar-refractivity contribution in [3.63, 3.8) is 0 Å². The van der Waals surface area contributed by atoms with E-state index in [0.29, 0.717) is 17.2 Å². The lowest BCUT2D eigenvalue weighted by Crippen LogP contribution is -2.45. The van der Waals surface area contributed by atoms with Gasteiger partial charge in [-0.15, -0.1) is 0 Å². The smallest absolute Gasteiger partial charge is 0.245 e. The highest BCUT2D eigenvalue weighted by Crippen LogP contribution is 2.25. The number of amides is 1. The predicted molar refractivity (Wildman–Crippen MR) is 117 cm³/mol. The average molecular weight is 478 g/mol. The van der Waals surface area contributed by atoms with Gasteiger partial charge in [0, 0.05) is 0 Å². The number of benzene rings is 3. The van der Waals surface area contributed by atoms with E-state index in [9.17, 15) is 26.4 Å². The number of methoxy groups -OCH3 is 1. The number of nitrogens with one attached hydrogen (secondary N) is 2. The number of halogens is 3. The van der Waals surface area contributed by atoms with Crippen LogP contribution in [-0.4, -0.2) is 27.5 Å². The number of sulfonamides is 1. The molecule has 0 saturated carbocycles. The average Bonchev–Trinajstić information content (AvgIpc) is 2.79. The number of aryl methyl sites for hydroxylation is 1. The first-order valence-corrected chi connectivity index (χ1v) is 11.3. The molecule has 0 unspecified atom stereocenters. The monoisotopic (exact) mass is 478 g/mol. The maximum Gasteiger partial charge on any atom is 0.245 e. The quantitative estimate of drug-likeness (QED) is 0.481. The Balaban J connectivity index is 1.95. The molecule has 0 aliphatic carbocycles. The number of rotatable bonds is 8. The van der Waals surface area contributed by atoms with Crippen LogP contribution < -0.4 is 14.8 Å². The molecule has 0 saturated heterocycles. The Morgan fingerprint density at radius 3 is 2.36 bits per heavy atom. The highest BCUT2D eigenvalue weighted by Gasteiger charge is 2.29. The molecular formula is C23H21F3N2O4S. The fraction of sp³-hybridized carbons (Fsp3) is 0.174. The summed E-state index contributed by atoms with van der Waals surface area (Å²) in [4.78, 5) is 12.8. The summed E-state index contributed by atoms with van der Waals surface area (Å²) in [5.41, 5.74) is 0.635. The lowest BCUT2D eigenvalue weighted by atomic mass is 10.1. The van der Waals surface area contributed by atoms with E-state index in [-0.39, 0.29) is 17.1 Å². The van der Waals surface area contributed by atoms with Crippen LogP contribution in [0.3, 0.4) is 0 Å². The SMILES string of the molecule is COc1ccc(C)cc1S(=O)(=O)N[C@H](Cc1ccccc1)C(=O)Nc1ccc(F)c(F)c1F. The molecule has 1 atom stereocenters. The lowest BCUT2D eigenvalue weighted by molar-refractivity contribution is -0.117. The van der Waals surface area contributed by atoms with Gasteiger partial charge in [-0.3, -0.25) is 4.79 Å². The summed E-state index contributed by atoms with van der Waals surface area (Å²) >= 11 is 0. The van der Waals surface area contributed by atoms with E-state index in [1.165, 1.54) is 19.2 Å². The maximum absolute atomic E-state index is 14.1. The van der Waals surface area contributed by atoms with Crippen molar-refractivity contribution in [1.82, 2.24) is 4.72 Å². The van der Waals surface area contributed by atoms with Crippen molar-refractivity contribution in [1.29, 1.82) is 0 Å². The van der Waals surface area contributed by atoms with Crippen molar-refractivity contribution in [2.75, 3.05) is 12.4 Å². The van der Waals surface area contributed by atoms with Crippen molar-refractivity contribution >= 4 is 21.6 Å². The first-order valence-electron chi connectivity index (χ1n) is 9.77. The highest BCUT2D eigenvalue weighted by atomic mass is 32.2. The number of anilines is 1. The van der Waals surface area contributed by atoms with Gasteiger partial charge in [-0.05, 0) is 48.7 Å². The van der Waals surface area contributed by atoms with Crippen molar-refractivity contribution in [3.05, 3.63) is 89.2 Å². The zero-order chi connectivity index (χ0) is 24.2. The molecule has 0 fully saturated rings. The third-order valence-electron chi connectivity index (χ3n) is 4.80. The van der Waals surface area contributed by atoms with Gasteiger partial charge in [0.2, 0.25) is 15.9 Å². The molecule has 2 N–H and O–H groups in total. The normalized spacial score (nSPS) is 12.3. The second-order valence-electron chi connectivity index (χ2n) is 7.23. The van der Waals surface area contributed by atoms with E-state index in [0.717, 1.165) is 6.07 Å². The molecule has 10 heteroatoms. The molecule has 33 heavy (non-hydrogen) atoms. The highest BCUT2D eigenvalue weighted by molar-refractivity contribution is 7.89. The standard InChI is InChI=1S/C23H21F3N2O4S/c1-14-8-11-19(32-2)20(12-14)33(30,31)28-18(13-15-6-4-3-5-7-15)23(29)27-17-10-9-16(24)21(25)22(17)26/h3-12,18,28H,13H2,1-2H3,(H,27,29)/t18-/m1/s1. The van der Waals surface area contributed by atoms with E-state index >= 15 is 0 Å². The van der Waals surface area contributed by atoms with Crippen LogP contribution in [-0.2, 0) is 21.2 Å². The number of hydrogen-bond acceptors (Lipinski definition) is 4. The largest absolute Gasteiger partial charge is 0.495 e. The number of carbonyl (C=O) groups is 1. The molecule has 0 heterocycles. The Hall–Kier alpha value is -3.37. The number of carbonyl (C=O) groups excluding carboxylic acids is 1. The summed E-state index contributed by atoms with van der Waals surface area (Å²) in [5.74, 6) is -5.65. The van der Waals surface area contributed by atoms with Crippen molar-refractivity contribution in [2.45, 2.75) is 24.3 Å². The Morgan fingerprint density at radius 1 is 1.00 bits per heavy atom. The van der Waals surface area contributed by atoms with Crippen molar-refractivity contribution in [2.24, 2.45) is 0 Å². The van der Waals surface area contributed by atoms with Crippen LogP contribution in [0.5, 0.6) is 5.75 Å². The Kier molecular flexibility index (Phi) is 7.39. The van der Waals surface area contributed by atoms with Gasteiger partial charge >= 0.3 is 0 Å². The minimum Gasteiger partial charge on any atom is -0.495 e. The molecule has 0 bridgehead atoms. The number of ether oxygens (including phenoxy) is 1. The molecule has 0 aliphatic rings. The summed E-state index contributed by atoms with van der Waals surface area (Å²) in [6.07, 6.45) is -0.0919. The van der Waals surface area contributed by atoms with Crippen molar-refractivity contribution < 1.29 is 31.1 Å². The predicted octanol–water partition coefficient (Wildman–Crippen LogP) is 3.95. The van der Waals surface area contributed by atoms with Gasteiger partial charge in [0.05, 0.1) is 12.8 Å².